The molecular weight excluding hydrogens is 311 g/mol. The summed E-state index contributed by atoms with van der Waals surface area (Å²) in [5.41, 5.74) is 1.45. The highest BCUT2D eigenvalue weighted by molar-refractivity contribution is 5.72. The van der Waals surface area contributed by atoms with Crippen LogP contribution < -0.4 is 14.2 Å². The zero-order valence-electron chi connectivity index (χ0n) is 14.1. The summed E-state index contributed by atoms with van der Waals surface area (Å²) in [5.74, 6) is 0.235. The van der Waals surface area contributed by atoms with Crippen LogP contribution in [-0.2, 0) is 17.8 Å². The van der Waals surface area contributed by atoms with Crippen molar-refractivity contribution < 1.29 is 23.4 Å². The number of hydrogen-bond donors (Lipinski definition) is 0. The van der Waals surface area contributed by atoms with Crippen molar-refractivity contribution in [1.29, 1.82) is 0 Å². The van der Waals surface area contributed by atoms with Crippen LogP contribution in [0, 0.1) is 5.82 Å². The van der Waals surface area contributed by atoms with E-state index in [4.69, 9.17) is 14.2 Å². The van der Waals surface area contributed by atoms with Gasteiger partial charge in [0.1, 0.15) is 18.1 Å². The number of carbonyl (C=O) groups excluding carboxylic acids is 1. The van der Waals surface area contributed by atoms with Gasteiger partial charge < -0.3 is 14.2 Å². The SMILES string of the molecule is CCC(=O)Oc1cccc(OC)c1COc1ccc(CC)cc1F. The van der Waals surface area contributed by atoms with Gasteiger partial charge in [0.05, 0.1) is 12.7 Å². The van der Waals surface area contributed by atoms with E-state index in [2.05, 4.69) is 0 Å². The first-order chi connectivity index (χ1) is 11.6. The van der Waals surface area contributed by atoms with Crippen molar-refractivity contribution in [3.63, 3.8) is 0 Å². The molecule has 0 N–H and O–H groups in total. The van der Waals surface area contributed by atoms with Gasteiger partial charge in [-0.1, -0.05) is 26.0 Å². The molecule has 5 heteroatoms. The van der Waals surface area contributed by atoms with Crippen molar-refractivity contribution in [1.82, 2.24) is 0 Å². The average molecular weight is 332 g/mol. The number of halogens is 1. The highest BCUT2D eigenvalue weighted by atomic mass is 19.1. The van der Waals surface area contributed by atoms with Crippen molar-refractivity contribution in [3.8, 4) is 17.2 Å². The van der Waals surface area contributed by atoms with Crippen LogP contribution in [0.25, 0.3) is 0 Å². The molecule has 128 valence electrons. The van der Waals surface area contributed by atoms with Crippen LogP contribution in [-0.4, -0.2) is 13.1 Å². The minimum absolute atomic E-state index is 0.0265. The minimum atomic E-state index is -0.420. The fourth-order valence-corrected chi connectivity index (χ4v) is 2.20. The molecule has 0 bridgehead atoms. The molecular formula is C19H21FO4. The molecule has 0 amide bonds. The van der Waals surface area contributed by atoms with Gasteiger partial charge in [-0.2, -0.15) is 0 Å². The summed E-state index contributed by atoms with van der Waals surface area (Å²) in [7, 11) is 1.51. The lowest BCUT2D eigenvalue weighted by molar-refractivity contribution is -0.134. The van der Waals surface area contributed by atoms with Crippen LogP contribution >= 0.6 is 0 Å². The topological polar surface area (TPSA) is 44.8 Å². The van der Waals surface area contributed by atoms with Crippen LogP contribution in [0.15, 0.2) is 36.4 Å². The first-order valence-electron chi connectivity index (χ1n) is 7.86. The number of aryl methyl sites for hydroxylation is 1. The molecule has 0 atom stereocenters. The lowest BCUT2D eigenvalue weighted by Gasteiger charge is -2.15. The normalized spacial score (nSPS) is 10.3. The largest absolute Gasteiger partial charge is 0.496 e. The standard InChI is InChI=1S/C19H21FO4/c1-4-13-9-10-18(15(20)11-13)23-12-14-16(22-3)7-6-8-17(14)24-19(21)5-2/h6-11H,4-5,12H2,1-3H3. The molecule has 0 aliphatic heterocycles. The van der Waals surface area contributed by atoms with E-state index in [1.165, 1.54) is 13.2 Å². The summed E-state index contributed by atoms with van der Waals surface area (Å²) in [4.78, 5) is 11.6. The van der Waals surface area contributed by atoms with Crippen LogP contribution in [0.4, 0.5) is 4.39 Å². The predicted octanol–water partition coefficient (Wildman–Crippen LogP) is 4.29. The second-order valence-corrected chi connectivity index (χ2v) is 5.17. The number of hydrogen-bond acceptors (Lipinski definition) is 4. The Bertz CT molecular complexity index is 713. The van der Waals surface area contributed by atoms with Gasteiger partial charge >= 0.3 is 5.97 Å². The molecule has 0 heterocycles. The molecule has 0 saturated carbocycles. The van der Waals surface area contributed by atoms with E-state index in [1.807, 2.05) is 13.0 Å². The van der Waals surface area contributed by atoms with Crippen LogP contribution in [0.5, 0.6) is 17.2 Å². The molecule has 0 saturated heterocycles. The van der Waals surface area contributed by atoms with Gasteiger partial charge in [-0.15, -0.1) is 0 Å². The second kappa shape index (κ2) is 8.34. The van der Waals surface area contributed by atoms with E-state index < -0.39 is 5.82 Å². The van der Waals surface area contributed by atoms with Crippen molar-refractivity contribution in [3.05, 3.63) is 53.3 Å². The number of carbonyl (C=O) groups is 1. The first-order valence-corrected chi connectivity index (χ1v) is 7.86. The first kappa shape index (κ1) is 17.8. The lowest BCUT2D eigenvalue weighted by atomic mass is 10.1. The molecule has 0 radical (unpaired) electrons. The molecule has 0 aromatic heterocycles. The quantitative estimate of drug-likeness (QED) is 0.560. The fourth-order valence-electron chi connectivity index (χ4n) is 2.20. The third-order valence-corrected chi connectivity index (χ3v) is 3.60. The fraction of sp³-hybridized carbons (Fsp3) is 0.316. The zero-order chi connectivity index (χ0) is 17.5. The summed E-state index contributed by atoms with van der Waals surface area (Å²) < 4.78 is 30.2. The summed E-state index contributed by atoms with van der Waals surface area (Å²) in [6.45, 7) is 3.70. The van der Waals surface area contributed by atoms with E-state index in [-0.39, 0.29) is 24.7 Å². The Morgan fingerprint density at radius 3 is 2.46 bits per heavy atom. The third kappa shape index (κ3) is 4.25. The zero-order valence-corrected chi connectivity index (χ0v) is 14.1. The second-order valence-electron chi connectivity index (χ2n) is 5.17. The Balaban J connectivity index is 2.23. The van der Waals surface area contributed by atoms with Gasteiger partial charge in [0.2, 0.25) is 0 Å². The van der Waals surface area contributed by atoms with Gasteiger partial charge in [0, 0.05) is 6.42 Å². The molecule has 0 aliphatic rings. The highest BCUT2D eigenvalue weighted by Gasteiger charge is 2.15. The monoisotopic (exact) mass is 332 g/mol. The summed E-state index contributed by atoms with van der Waals surface area (Å²) >= 11 is 0. The van der Waals surface area contributed by atoms with Gasteiger partial charge in [0.25, 0.3) is 0 Å². The van der Waals surface area contributed by atoms with E-state index >= 15 is 0 Å². The summed E-state index contributed by atoms with van der Waals surface area (Å²) in [6.07, 6.45) is 1.01. The number of rotatable bonds is 7. The molecule has 0 fully saturated rings. The van der Waals surface area contributed by atoms with Gasteiger partial charge in [0.15, 0.2) is 11.6 Å². The Hall–Kier alpha value is -2.56. The van der Waals surface area contributed by atoms with E-state index in [0.29, 0.717) is 17.1 Å². The van der Waals surface area contributed by atoms with Crippen molar-refractivity contribution in [2.75, 3.05) is 7.11 Å². The summed E-state index contributed by atoms with van der Waals surface area (Å²) in [6, 6.07) is 9.98. The maximum Gasteiger partial charge on any atom is 0.310 e. The maximum absolute atomic E-state index is 14.0. The van der Waals surface area contributed by atoms with Gasteiger partial charge in [-0.05, 0) is 36.2 Å². The molecule has 2 rings (SSSR count). The number of benzene rings is 2. The van der Waals surface area contributed by atoms with Crippen LogP contribution in [0.3, 0.4) is 0 Å². The molecule has 24 heavy (non-hydrogen) atoms. The van der Waals surface area contributed by atoms with E-state index in [9.17, 15) is 9.18 Å². The highest BCUT2D eigenvalue weighted by Crippen LogP contribution is 2.30. The average Bonchev–Trinajstić information content (AvgIpc) is 2.60. The van der Waals surface area contributed by atoms with Gasteiger partial charge in [-0.3, -0.25) is 4.79 Å². The number of methoxy groups -OCH3 is 1. The van der Waals surface area contributed by atoms with Crippen LogP contribution in [0.1, 0.15) is 31.4 Å². The van der Waals surface area contributed by atoms with E-state index in [1.54, 1.807) is 31.2 Å². The number of ether oxygens (including phenoxy) is 3. The molecule has 2 aromatic rings. The third-order valence-electron chi connectivity index (χ3n) is 3.60. The Kier molecular flexibility index (Phi) is 6.18. The predicted molar refractivity (Wildman–Crippen MR) is 89.0 cm³/mol. The van der Waals surface area contributed by atoms with Crippen molar-refractivity contribution in [2.45, 2.75) is 33.3 Å². The molecule has 0 spiro atoms. The lowest BCUT2D eigenvalue weighted by Crippen LogP contribution is -2.09. The van der Waals surface area contributed by atoms with Crippen molar-refractivity contribution >= 4 is 5.97 Å². The van der Waals surface area contributed by atoms with E-state index in [0.717, 1.165) is 12.0 Å². The Morgan fingerprint density at radius 2 is 1.83 bits per heavy atom. The smallest absolute Gasteiger partial charge is 0.310 e. The Morgan fingerprint density at radius 1 is 1.08 bits per heavy atom. The van der Waals surface area contributed by atoms with Gasteiger partial charge in [-0.25, -0.2) is 4.39 Å². The number of esters is 1. The summed E-state index contributed by atoms with van der Waals surface area (Å²) in [5, 5.41) is 0. The maximum atomic E-state index is 14.0. The molecule has 0 unspecified atom stereocenters. The molecule has 4 nitrogen and oxygen atoms in total. The molecule has 2 aromatic carbocycles. The Labute approximate surface area is 141 Å². The molecule has 0 aliphatic carbocycles. The van der Waals surface area contributed by atoms with Crippen molar-refractivity contribution in [2.24, 2.45) is 0 Å². The van der Waals surface area contributed by atoms with Crippen LogP contribution in [0.2, 0.25) is 0 Å². The minimum Gasteiger partial charge on any atom is -0.496 e.